The number of sulfonamides is 1. The molecule has 218 valence electrons. The van der Waals surface area contributed by atoms with Gasteiger partial charge in [-0.15, -0.1) is 0 Å². The van der Waals surface area contributed by atoms with Gasteiger partial charge in [0.2, 0.25) is 15.9 Å². The third-order valence-electron chi connectivity index (χ3n) is 5.92. The fourth-order valence-electron chi connectivity index (χ4n) is 4.11. The monoisotopic (exact) mass is 601 g/mol. The van der Waals surface area contributed by atoms with Gasteiger partial charge >= 0.3 is 6.09 Å². The van der Waals surface area contributed by atoms with Crippen LogP contribution in [0.4, 0.5) is 9.93 Å². The molecule has 3 N–H and O–H groups in total. The maximum atomic E-state index is 13.8. The minimum Gasteiger partial charge on any atom is -0.390 e. The summed E-state index contributed by atoms with van der Waals surface area (Å²) in [5, 5.41) is 20.5. The smallest absolute Gasteiger partial charge is 0.390 e. The van der Waals surface area contributed by atoms with Gasteiger partial charge in [-0.2, -0.15) is 4.31 Å². The van der Waals surface area contributed by atoms with Crippen LogP contribution in [0, 0.1) is 5.92 Å². The van der Waals surface area contributed by atoms with Crippen LogP contribution in [0.25, 0.3) is 10.2 Å². The Labute approximate surface area is 241 Å². The van der Waals surface area contributed by atoms with Crippen LogP contribution in [-0.4, -0.2) is 65.2 Å². The van der Waals surface area contributed by atoms with E-state index in [9.17, 15) is 23.1 Å². The van der Waals surface area contributed by atoms with Gasteiger partial charge in [0.1, 0.15) is 6.26 Å². The first-order valence-electron chi connectivity index (χ1n) is 12.8. The molecule has 0 unspecified atom stereocenters. The van der Waals surface area contributed by atoms with Gasteiger partial charge in [-0.3, -0.25) is 4.79 Å². The Balaban J connectivity index is 1.58. The molecule has 4 aromatic rings. The van der Waals surface area contributed by atoms with Crippen molar-refractivity contribution in [2.24, 2.45) is 5.92 Å². The molecular formula is C27H31N5O7S2. The minimum absolute atomic E-state index is 0.0221. The molecule has 2 aromatic carbocycles. The second kappa shape index (κ2) is 13.2. The maximum Gasteiger partial charge on any atom is 0.414 e. The summed E-state index contributed by atoms with van der Waals surface area (Å²) in [6.45, 7) is 4.94. The van der Waals surface area contributed by atoms with Gasteiger partial charge < -0.3 is 25.0 Å². The van der Waals surface area contributed by atoms with Crippen molar-refractivity contribution in [3.05, 3.63) is 66.4 Å². The van der Waals surface area contributed by atoms with Crippen LogP contribution in [0.15, 0.2) is 70.3 Å². The molecule has 0 aliphatic rings. The van der Waals surface area contributed by atoms with Crippen molar-refractivity contribution >= 4 is 48.7 Å². The number of benzene rings is 2. The SMILES string of the molecule is CC(=O)Nc1nc2ccc(S(=O)(=O)N(CC(C)C)C[C@@H](O)[C@H](Cc3ccccc3)NC(=O)Oc3ccon3)cc2s1. The van der Waals surface area contributed by atoms with Gasteiger partial charge in [0.25, 0.3) is 5.88 Å². The van der Waals surface area contributed by atoms with Crippen molar-refractivity contribution in [2.75, 3.05) is 18.4 Å². The Bertz CT molecular complexity index is 1570. The largest absolute Gasteiger partial charge is 0.414 e. The van der Waals surface area contributed by atoms with E-state index in [1.807, 2.05) is 44.2 Å². The van der Waals surface area contributed by atoms with Gasteiger partial charge in [0.05, 0.1) is 27.3 Å². The van der Waals surface area contributed by atoms with Crippen LogP contribution in [0.1, 0.15) is 26.3 Å². The quantitative estimate of drug-likeness (QED) is 0.220. The highest BCUT2D eigenvalue weighted by atomic mass is 32.2. The fraction of sp³-hybridized carbons (Fsp3) is 0.333. The van der Waals surface area contributed by atoms with Crippen molar-refractivity contribution in [3.63, 3.8) is 0 Å². The Morgan fingerprint density at radius 2 is 1.88 bits per heavy atom. The summed E-state index contributed by atoms with van der Waals surface area (Å²) in [5.41, 5.74) is 1.37. The Morgan fingerprint density at radius 1 is 1.12 bits per heavy atom. The van der Waals surface area contributed by atoms with Crippen molar-refractivity contribution in [2.45, 2.75) is 44.2 Å². The predicted molar refractivity (Wildman–Crippen MR) is 153 cm³/mol. The van der Waals surface area contributed by atoms with Crippen LogP contribution < -0.4 is 15.4 Å². The number of amides is 2. The summed E-state index contributed by atoms with van der Waals surface area (Å²) in [5.74, 6) is -0.398. The molecule has 2 atom stereocenters. The molecule has 0 bridgehead atoms. The van der Waals surface area contributed by atoms with Gasteiger partial charge in [0.15, 0.2) is 5.13 Å². The number of nitrogens with zero attached hydrogens (tertiary/aromatic N) is 3. The van der Waals surface area contributed by atoms with Gasteiger partial charge in [0, 0.05) is 26.1 Å². The third-order valence-corrected chi connectivity index (χ3v) is 8.68. The standard InChI is InChI=1S/C27H31N5O7S2/c1-17(2)15-32(41(36,37)20-9-10-21-24(14-20)40-26(29-21)28-18(3)33)16-23(34)22(13-19-7-5-4-6-8-19)30-27(35)39-25-11-12-38-31-25/h4-12,14,17,22-23,34H,13,15-16H2,1-3H3,(H,30,35)(H,28,29,33)/t22-,23+/m0/s1. The first kappa shape index (κ1) is 30.1. The highest BCUT2D eigenvalue weighted by molar-refractivity contribution is 7.89. The van der Waals surface area contributed by atoms with Crippen LogP contribution in [0.5, 0.6) is 5.88 Å². The average Bonchev–Trinajstić information content (AvgIpc) is 3.56. The molecule has 2 aromatic heterocycles. The number of aliphatic hydroxyl groups excluding tert-OH is 1. The van der Waals surface area contributed by atoms with Gasteiger partial charge in [-0.25, -0.2) is 18.2 Å². The number of aromatic nitrogens is 2. The number of hydrogen-bond acceptors (Lipinski definition) is 10. The van der Waals surface area contributed by atoms with Crippen LogP contribution >= 0.6 is 11.3 Å². The molecule has 14 heteroatoms. The number of thiazole rings is 1. The first-order valence-corrected chi connectivity index (χ1v) is 15.1. The van der Waals surface area contributed by atoms with E-state index in [4.69, 9.17) is 4.74 Å². The highest BCUT2D eigenvalue weighted by Crippen LogP contribution is 2.29. The number of nitrogens with one attached hydrogen (secondary N) is 2. The summed E-state index contributed by atoms with van der Waals surface area (Å²) in [4.78, 5) is 28.3. The van der Waals surface area contributed by atoms with Crippen LogP contribution in [0.2, 0.25) is 0 Å². The van der Waals surface area contributed by atoms with E-state index in [0.717, 1.165) is 16.9 Å². The van der Waals surface area contributed by atoms with Crippen molar-refractivity contribution in [3.8, 4) is 5.88 Å². The Kier molecular flexibility index (Phi) is 9.70. The van der Waals surface area contributed by atoms with E-state index >= 15 is 0 Å². The van der Waals surface area contributed by atoms with Crippen molar-refractivity contribution in [1.29, 1.82) is 0 Å². The normalized spacial score (nSPS) is 13.3. The number of rotatable bonds is 12. The third kappa shape index (κ3) is 8.10. The van der Waals surface area contributed by atoms with E-state index in [2.05, 4.69) is 25.3 Å². The molecule has 2 amide bonds. The Hall–Kier alpha value is -3.85. The molecule has 0 spiro atoms. The second-order valence-corrected chi connectivity index (χ2v) is 12.7. The molecule has 0 aliphatic carbocycles. The molecule has 0 fully saturated rings. The summed E-state index contributed by atoms with van der Waals surface area (Å²) >= 11 is 1.16. The molecule has 4 rings (SSSR count). The maximum absolute atomic E-state index is 13.8. The number of ether oxygens (including phenoxy) is 1. The minimum atomic E-state index is -4.07. The molecule has 0 saturated carbocycles. The number of aliphatic hydroxyl groups is 1. The lowest BCUT2D eigenvalue weighted by atomic mass is 10.0. The van der Waals surface area contributed by atoms with Gasteiger partial charge in [-0.05, 0) is 41.3 Å². The zero-order valence-corrected chi connectivity index (χ0v) is 24.3. The van der Waals surface area contributed by atoms with Crippen molar-refractivity contribution < 1.29 is 32.4 Å². The molecule has 41 heavy (non-hydrogen) atoms. The van der Waals surface area contributed by atoms with E-state index in [1.54, 1.807) is 6.07 Å². The molecule has 2 heterocycles. The summed E-state index contributed by atoms with van der Waals surface area (Å²) in [6.07, 6.45) is -0.711. The molecule has 12 nitrogen and oxygen atoms in total. The topological polar surface area (TPSA) is 164 Å². The summed E-state index contributed by atoms with van der Waals surface area (Å²) in [6, 6.07) is 14.2. The van der Waals surface area contributed by atoms with E-state index in [-0.39, 0.29) is 42.1 Å². The van der Waals surface area contributed by atoms with Gasteiger partial charge in [-0.1, -0.05) is 55.5 Å². The van der Waals surface area contributed by atoms with E-state index in [0.29, 0.717) is 15.3 Å². The summed E-state index contributed by atoms with van der Waals surface area (Å²) in [7, 11) is -4.07. The molecule has 0 radical (unpaired) electrons. The highest BCUT2D eigenvalue weighted by Gasteiger charge is 2.32. The second-order valence-electron chi connectivity index (χ2n) is 9.78. The number of anilines is 1. The van der Waals surface area contributed by atoms with Crippen LogP contribution in [0.3, 0.4) is 0 Å². The lowest BCUT2D eigenvalue weighted by Gasteiger charge is -2.30. The average molecular weight is 602 g/mol. The molecular weight excluding hydrogens is 570 g/mol. The zero-order valence-electron chi connectivity index (χ0n) is 22.7. The summed E-state index contributed by atoms with van der Waals surface area (Å²) < 4.78 is 39.3. The zero-order chi connectivity index (χ0) is 29.6. The lowest BCUT2D eigenvalue weighted by molar-refractivity contribution is -0.114. The van der Waals surface area contributed by atoms with E-state index in [1.165, 1.54) is 35.7 Å². The number of fused-ring (bicyclic) bond motifs is 1. The first-order chi connectivity index (χ1) is 19.5. The fourth-order valence-corrected chi connectivity index (χ4v) is 6.79. The van der Waals surface area contributed by atoms with Crippen molar-refractivity contribution in [1.82, 2.24) is 19.8 Å². The predicted octanol–water partition coefficient (Wildman–Crippen LogP) is 3.65. The number of carbonyl (C=O) groups excluding carboxylic acids is 2. The Morgan fingerprint density at radius 3 is 2.54 bits per heavy atom. The number of carbonyl (C=O) groups is 2. The van der Waals surface area contributed by atoms with E-state index < -0.39 is 28.3 Å². The number of hydrogen-bond donors (Lipinski definition) is 3. The van der Waals surface area contributed by atoms with Crippen LogP contribution in [-0.2, 0) is 21.2 Å². The molecule has 0 saturated heterocycles. The molecule has 0 aliphatic heterocycles. The lowest BCUT2D eigenvalue weighted by Crippen LogP contribution is -2.51.